The molecule has 2 heterocycles. The maximum atomic E-state index is 13.2. The van der Waals surface area contributed by atoms with Crippen molar-refractivity contribution in [3.05, 3.63) is 76.2 Å². The molecule has 0 radical (unpaired) electrons. The molecule has 7 heteroatoms. The van der Waals surface area contributed by atoms with Crippen molar-refractivity contribution >= 4 is 17.5 Å². The van der Waals surface area contributed by atoms with Crippen molar-refractivity contribution in [3.8, 4) is 5.69 Å². The Balaban J connectivity index is 2.21. The van der Waals surface area contributed by atoms with Gasteiger partial charge in [0.2, 0.25) is 0 Å². The van der Waals surface area contributed by atoms with Crippen LogP contribution in [0, 0.1) is 12.7 Å². The predicted octanol–water partition coefficient (Wildman–Crippen LogP) is 3.43. The van der Waals surface area contributed by atoms with Crippen LogP contribution >= 0.6 is 11.8 Å². The molecule has 0 N–H and O–H groups in total. The Morgan fingerprint density at radius 3 is 2.36 bits per heavy atom. The first-order valence-corrected chi connectivity index (χ1v) is 8.27. The number of rotatable bonds is 4. The van der Waals surface area contributed by atoms with Crippen LogP contribution in [0.5, 0.6) is 0 Å². The minimum atomic E-state index is -0.415. The summed E-state index contributed by atoms with van der Waals surface area (Å²) in [4.78, 5) is 30.0. The highest BCUT2D eigenvalue weighted by Crippen LogP contribution is 2.28. The summed E-state index contributed by atoms with van der Waals surface area (Å²) in [6.45, 7) is 3.10. The minimum absolute atomic E-state index is 0.209. The minimum Gasteiger partial charge on any atom is -0.293 e. The molecule has 3 aromatic rings. The number of pyridine rings is 1. The van der Waals surface area contributed by atoms with Crippen LogP contribution in [0.2, 0.25) is 0 Å². The highest BCUT2D eigenvalue weighted by molar-refractivity contribution is 7.99. The number of nitrogens with zero attached hydrogens (tertiary/aromatic N) is 3. The summed E-state index contributed by atoms with van der Waals surface area (Å²) in [5, 5.41) is 4.18. The molecule has 1 aromatic carbocycles. The van der Waals surface area contributed by atoms with E-state index < -0.39 is 5.82 Å². The number of benzene rings is 1. The fourth-order valence-electron chi connectivity index (χ4n) is 2.32. The van der Waals surface area contributed by atoms with Gasteiger partial charge in [-0.05, 0) is 48.9 Å². The summed E-state index contributed by atoms with van der Waals surface area (Å²) in [6.07, 6.45) is 3.26. The maximum absolute atomic E-state index is 13.2. The van der Waals surface area contributed by atoms with Gasteiger partial charge in [0.25, 0.3) is 5.56 Å². The van der Waals surface area contributed by atoms with Crippen LogP contribution in [0.4, 0.5) is 4.39 Å². The lowest BCUT2D eigenvalue weighted by atomic mass is 10.2. The lowest BCUT2D eigenvalue weighted by Gasteiger charge is -2.12. The molecule has 2 aromatic heterocycles. The third-order valence-corrected chi connectivity index (χ3v) is 4.75. The van der Waals surface area contributed by atoms with Crippen LogP contribution < -0.4 is 5.56 Å². The van der Waals surface area contributed by atoms with Crippen molar-refractivity contribution in [2.24, 2.45) is 0 Å². The van der Waals surface area contributed by atoms with Crippen LogP contribution in [-0.2, 0) is 0 Å². The number of hydrogen-bond acceptors (Lipinski definition) is 5. The van der Waals surface area contributed by atoms with E-state index in [1.807, 2.05) is 0 Å². The van der Waals surface area contributed by atoms with Crippen LogP contribution in [0.3, 0.4) is 0 Å². The molecular formula is C18H14FN3O2S. The van der Waals surface area contributed by atoms with Gasteiger partial charge in [0.05, 0.1) is 10.6 Å². The maximum Gasteiger partial charge on any atom is 0.285 e. The first-order valence-electron chi connectivity index (χ1n) is 7.46. The van der Waals surface area contributed by atoms with E-state index >= 15 is 0 Å². The molecule has 0 aliphatic carbocycles. The molecule has 25 heavy (non-hydrogen) atoms. The third-order valence-electron chi connectivity index (χ3n) is 3.56. The first kappa shape index (κ1) is 17.0. The van der Waals surface area contributed by atoms with E-state index in [4.69, 9.17) is 0 Å². The van der Waals surface area contributed by atoms with E-state index in [-0.39, 0.29) is 17.0 Å². The lowest BCUT2D eigenvalue weighted by Crippen LogP contribution is -2.26. The highest BCUT2D eigenvalue weighted by Gasteiger charge is 2.19. The predicted molar refractivity (Wildman–Crippen MR) is 92.9 cm³/mol. The topological polar surface area (TPSA) is 64.8 Å². The van der Waals surface area contributed by atoms with Crippen LogP contribution in [0.15, 0.2) is 63.4 Å². The second-order valence-corrected chi connectivity index (χ2v) is 6.42. The molecule has 3 rings (SSSR count). The summed E-state index contributed by atoms with van der Waals surface area (Å²) in [5.41, 5.74) is 0.763. The zero-order valence-electron chi connectivity index (χ0n) is 13.6. The Labute approximate surface area is 147 Å². The number of hydrogen-bond donors (Lipinski definition) is 0. The van der Waals surface area contributed by atoms with Gasteiger partial charge in [0, 0.05) is 24.2 Å². The zero-order valence-corrected chi connectivity index (χ0v) is 14.4. The molecular weight excluding hydrogens is 341 g/mol. The van der Waals surface area contributed by atoms with Crippen molar-refractivity contribution in [3.63, 3.8) is 0 Å². The third kappa shape index (κ3) is 3.51. The van der Waals surface area contributed by atoms with E-state index in [1.54, 1.807) is 31.5 Å². The first-order chi connectivity index (χ1) is 12.0. The van der Waals surface area contributed by atoms with Crippen molar-refractivity contribution in [1.82, 2.24) is 14.8 Å². The molecule has 0 aliphatic heterocycles. The van der Waals surface area contributed by atoms with Gasteiger partial charge in [-0.3, -0.25) is 14.6 Å². The summed E-state index contributed by atoms with van der Waals surface area (Å²) in [6, 6.07) is 8.94. The quantitative estimate of drug-likeness (QED) is 0.671. The number of aromatic nitrogens is 3. The van der Waals surface area contributed by atoms with E-state index in [0.717, 1.165) is 9.58 Å². The molecule has 0 unspecified atom stereocenters. The Bertz CT molecular complexity index is 986. The molecule has 0 amide bonds. The molecule has 0 saturated heterocycles. The monoisotopic (exact) mass is 355 g/mol. The van der Waals surface area contributed by atoms with Gasteiger partial charge in [-0.1, -0.05) is 11.8 Å². The van der Waals surface area contributed by atoms with Crippen molar-refractivity contribution in [1.29, 1.82) is 0 Å². The Kier molecular flexibility index (Phi) is 4.76. The molecule has 0 aliphatic rings. The van der Waals surface area contributed by atoms with Gasteiger partial charge in [0.1, 0.15) is 11.5 Å². The molecule has 0 atom stereocenters. The summed E-state index contributed by atoms with van der Waals surface area (Å²) in [5.74, 6) is -0.660. The number of Topliss-reactive ketones (excluding diaryl/α,β-unsaturated/α-hetero) is 1. The van der Waals surface area contributed by atoms with Crippen LogP contribution in [-0.4, -0.2) is 20.5 Å². The molecule has 0 spiro atoms. The van der Waals surface area contributed by atoms with Gasteiger partial charge >= 0.3 is 0 Å². The number of carbonyl (C=O) groups excluding carboxylic acids is 1. The van der Waals surface area contributed by atoms with Gasteiger partial charge in [-0.15, -0.1) is 0 Å². The van der Waals surface area contributed by atoms with Gasteiger partial charge < -0.3 is 0 Å². The molecule has 5 nitrogen and oxygen atoms in total. The Morgan fingerprint density at radius 2 is 1.76 bits per heavy atom. The molecule has 126 valence electrons. The lowest BCUT2D eigenvalue weighted by molar-refractivity contribution is 0.101. The van der Waals surface area contributed by atoms with Gasteiger partial charge in [-0.25, -0.2) is 4.39 Å². The number of ketones is 1. The fourth-order valence-corrected chi connectivity index (χ4v) is 3.24. The van der Waals surface area contributed by atoms with E-state index in [2.05, 4.69) is 10.1 Å². The van der Waals surface area contributed by atoms with Gasteiger partial charge in [-0.2, -0.15) is 9.78 Å². The van der Waals surface area contributed by atoms with Gasteiger partial charge in [0.15, 0.2) is 5.78 Å². The Morgan fingerprint density at radius 1 is 1.12 bits per heavy atom. The SMILES string of the molecule is CC(=O)c1nn(-c2ccc(F)cc2)c(=O)c(Sc2ccncc2)c1C. The van der Waals surface area contributed by atoms with Crippen molar-refractivity contribution in [2.75, 3.05) is 0 Å². The fraction of sp³-hybridized carbons (Fsp3) is 0.111. The smallest absolute Gasteiger partial charge is 0.285 e. The average Bonchev–Trinajstić information content (AvgIpc) is 2.60. The van der Waals surface area contributed by atoms with E-state index in [1.165, 1.54) is 43.0 Å². The summed E-state index contributed by atoms with van der Waals surface area (Å²) >= 11 is 1.24. The van der Waals surface area contributed by atoms with Crippen LogP contribution in [0.1, 0.15) is 23.0 Å². The second-order valence-electron chi connectivity index (χ2n) is 5.34. The largest absolute Gasteiger partial charge is 0.293 e. The van der Waals surface area contributed by atoms with E-state index in [9.17, 15) is 14.0 Å². The van der Waals surface area contributed by atoms with Crippen molar-refractivity contribution in [2.45, 2.75) is 23.6 Å². The molecule has 0 bridgehead atoms. The zero-order chi connectivity index (χ0) is 18.0. The normalized spacial score (nSPS) is 10.7. The number of halogens is 1. The van der Waals surface area contributed by atoms with E-state index in [0.29, 0.717) is 16.1 Å². The molecule has 0 saturated carbocycles. The molecule has 0 fully saturated rings. The number of carbonyl (C=O) groups is 1. The summed E-state index contributed by atoms with van der Waals surface area (Å²) in [7, 11) is 0. The Hall–Kier alpha value is -2.80. The van der Waals surface area contributed by atoms with Crippen LogP contribution in [0.25, 0.3) is 5.69 Å². The summed E-state index contributed by atoms with van der Waals surface area (Å²) < 4.78 is 14.3. The standard InChI is InChI=1S/C18H14FN3O2S/c1-11-16(12(2)23)21-22(14-5-3-13(19)4-6-14)18(24)17(11)25-15-7-9-20-10-8-15/h3-10H,1-2H3. The highest BCUT2D eigenvalue weighted by atomic mass is 32.2. The second kappa shape index (κ2) is 6.98. The van der Waals surface area contributed by atoms with Crippen molar-refractivity contribution < 1.29 is 9.18 Å². The average molecular weight is 355 g/mol.